The van der Waals surface area contributed by atoms with Gasteiger partial charge in [0.05, 0.1) is 12.6 Å². The maximum atomic E-state index is 11.9. The van der Waals surface area contributed by atoms with Crippen molar-refractivity contribution in [2.75, 3.05) is 32.7 Å². The van der Waals surface area contributed by atoms with E-state index in [2.05, 4.69) is 21.6 Å². The topological polar surface area (TPSA) is 68.2 Å². The average Bonchev–Trinajstić information content (AvgIpc) is 2.29. The lowest BCUT2D eigenvalue weighted by molar-refractivity contribution is -0.124. The number of rotatable bonds is 4. The van der Waals surface area contributed by atoms with E-state index in [1.54, 1.807) is 6.92 Å². The van der Waals surface area contributed by atoms with Crippen LogP contribution in [-0.2, 0) is 4.79 Å². The molecule has 1 atom stereocenters. The number of hydrogen-bond acceptors (Lipinski definition) is 4. The number of carbonyl (C=O) groups is 1. The normalized spacial score (nSPS) is 20.6. The van der Waals surface area contributed by atoms with Crippen LogP contribution in [0.3, 0.4) is 0 Å². The van der Waals surface area contributed by atoms with Crippen molar-refractivity contribution in [2.24, 2.45) is 5.92 Å². The predicted octanol–water partition coefficient (Wildman–Crippen LogP) is -0.0539. The van der Waals surface area contributed by atoms with E-state index in [9.17, 15) is 4.79 Å². The SMILES string of the molecule is CC(C)C(C)(C#N)NC(=O)CN1CCNCC1. The molecule has 0 aliphatic carbocycles. The summed E-state index contributed by atoms with van der Waals surface area (Å²) in [5.41, 5.74) is -0.773. The highest BCUT2D eigenvalue weighted by Crippen LogP contribution is 2.14. The van der Waals surface area contributed by atoms with Crippen LogP contribution in [0.5, 0.6) is 0 Å². The molecule has 0 saturated carbocycles. The van der Waals surface area contributed by atoms with Gasteiger partial charge in [-0.25, -0.2) is 0 Å². The Bertz CT molecular complexity index is 304. The largest absolute Gasteiger partial charge is 0.337 e. The maximum Gasteiger partial charge on any atom is 0.235 e. The van der Waals surface area contributed by atoms with Gasteiger partial charge in [-0.2, -0.15) is 5.26 Å². The van der Waals surface area contributed by atoms with Gasteiger partial charge in [0.25, 0.3) is 0 Å². The Morgan fingerprint density at radius 2 is 2.12 bits per heavy atom. The molecule has 1 amide bonds. The highest BCUT2D eigenvalue weighted by molar-refractivity contribution is 5.79. The summed E-state index contributed by atoms with van der Waals surface area (Å²) in [4.78, 5) is 14.0. The molecule has 0 radical (unpaired) electrons. The van der Waals surface area contributed by atoms with E-state index in [0.717, 1.165) is 26.2 Å². The lowest BCUT2D eigenvalue weighted by Crippen LogP contribution is -2.53. The summed E-state index contributed by atoms with van der Waals surface area (Å²) in [5.74, 6) is 0.0316. The Morgan fingerprint density at radius 1 is 1.53 bits per heavy atom. The number of carbonyl (C=O) groups excluding carboxylic acids is 1. The average molecular weight is 238 g/mol. The van der Waals surface area contributed by atoms with Crippen LogP contribution in [0.2, 0.25) is 0 Å². The van der Waals surface area contributed by atoms with Crippen LogP contribution in [-0.4, -0.2) is 49.1 Å². The molecule has 1 aliphatic heterocycles. The van der Waals surface area contributed by atoms with Crippen molar-refractivity contribution in [2.45, 2.75) is 26.3 Å². The van der Waals surface area contributed by atoms with Gasteiger partial charge in [0.15, 0.2) is 0 Å². The lowest BCUT2D eigenvalue weighted by atomic mass is 9.90. The van der Waals surface area contributed by atoms with Crippen molar-refractivity contribution in [1.82, 2.24) is 15.5 Å². The number of hydrogen-bond donors (Lipinski definition) is 2. The van der Waals surface area contributed by atoms with E-state index in [0.29, 0.717) is 6.54 Å². The minimum absolute atomic E-state index is 0.0651. The van der Waals surface area contributed by atoms with Crippen LogP contribution >= 0.6 is 0 Å². The number of nitrogens with zero attached hydrogens (tertiary/aromatic N) is 2. The van der Waals surface area contributed by atoms with E-state index in [1.165, 1.54) is 0 Å². The van der Waals surface area contributed by atoms with Gasteiger partial charge in [-0.05, 0) is 12.8 Å². The molecule has 2 N–H and O–H groups in total. The van der Waals surface area contributed by atoms with Gasteiger partial charge in [-0.15, -0.1) is 0 Å². The molecule has 1 heterocycles. The zero-order valence-electron chi connectivity index (χ0n) is 10.9. The zero-order valence-corrected chi connectivity index (χ0v) is 10.9. The Hall–Kier alpha value is -1.12. The molecular formula is C12H22N4O. The molecule has 0 bridgehead atoms. The molecule has 1 rings (SSSR count). The quantitative estimate of drug-likeness (QED) is 0.720. The predicted molar refractivity (Wildman–Crippen MR) is 66.3 cm³/mol. The molecule has 0 aromatic carbocycles. The molecule has 96 valence electrons. The molecule has 0 aromatic heterocycles. The molecule has 0 spiro atoms. The number of piperazine rings is 1. The highest BCUT2D eigenvalue weighted by atomic mass is 16.2. The lowest BCUT2D eigenvalue weighted by Gasteiger charge is -2.30. The minimum atomic E-state index is -0.773. The third-order valence-electron chi connectivity index (χ3n) is 3.36. The Labute approximate surface area is 103 Å². The van der Waals surface area contributed by atoms with Crippen molar-refractivity contribution in [3.8, 4) is 6.07 Å². The smallest absolute Gasteiger partial charge is 0.235 e. The Kier molecular flexibility index (Phi) is 4.91. The molecular weight excluding hydrogens is 216 g/mol. The van der Waals surface area contributed by atoms with Crippen LogP contribution in [0.1, 0.15) is 20.8 Å². The van der Waals surface area contributed by atoms with Crippen LogP contribution < -0.4 is 10.6 Å². The van der Waals surface area contributed by atoms with Crippen molar-refractivity contribution >= 4 is 5.91 Å². The van der Waals surface area contributed by atoms with Gasteiger partial charge in [-0.1, -0.05) is 13.8 Å². The van der Waals surface area contributed by atoms with E-state index in [4.69, 9.17) is 5.26 Å². The third kappa shape index (κ3) is 3.99. The van der Waals surface area contributed by atoms with Gasteiger partial charge in [0.2, 0.25) is 5.91 Å². The molecule has 0 aromatic rings. The minimum Gasteiger partial charge on any atom is -0.337 e. The Morgan fingerprint density at radius 3 is 2.59 bits per heavy atom. The van der Waals surface area contributed by atoms with Crippen molar-refractivity contribution in [3.05, 3.63) is 0 Å². The number of nitriles is 1. The van der Waals surface area contributed by atoms with Crippen LogP contribution in [0.15, 0.2) is 0 Å². The second-order valence-corrected chi connectivity index (χ2v) is 5.04. The van der Waals surface area contributed by atoms with Crippen molar-refractivity contribution in [3.63, 3.8) is 0 Å². The summed E-state index contributed by atoms with van der Waals surface area (Å²) in [7, 11) is 0. The molecule has 5 nitrogen and oxygen atoms in total. The van der Waals surface area contributed by atoms with Crippen molar-refractivity contribution in [1.29, 1.82) is 5.26 Å². The summed E-state index contributed by atoms with van der Waals surface area (Å²) in [6, 6.07) is 2.18. The van der Waals surface area contributed by atoms with E-state index in [-0.39, 0.29) is 11.8 Å². The zero-order chi connectivity index (χ0) is 12.9. The molecule has 17 heavy (non-hydrogen) atoms. The monoisotopic (exact) mass is 238 g/mol. The second-order valence-electron chi connectivity index (χ2n) is 5.04. The van der Waals surface area contributed by atoms with Crippen LogP contribution in [0.25, 0.3) is 0 Å². The number of nitrogens with one attached hydrogen (secondary N) is 2. The van der Waals surface area contributed by atoms with E-state index >= 15 is 0 Å². The van der Waals surface area contributed by atoms with Gasteiger partial charge in [-0.3, -0.25) is 9.69 Å². The first-order valence-corrected chi connectivity index (χ1v) is 6.13. The van der Waals surface area contributed by atoms with Gasteiger partial charge in [0, 0.05) is 26.2 Å². The highest BCUT2D eigenvalue weighted by Gasteiger charge is 2.30. The van der Waals surface area contributed by atoms with Crippen LogP contribution in [0.4, 0.5) is 0 Å². The second kappa shape index (κ2) is 5.99. The summed E-state index contributed by atoms with van der Waals surface area (Å²) < 4.78 is 0. The first kappa shape index (κ1) is 13.9. The number of amides is 1. The Balaban J connectivity index is 2.45. The van der Waals surface area contributed by atoms with E-state index < -0.39 is 5.54 Å². The molecule has 1 aliphatic rings. The maximum absolute atomic E-state index is 11.9. The molecule has 1 fully saturated rings. The van der Waals surface area contributed by atoms with Gasteiger partial charge < -0.3 is 10.6 Å². The first-order chi connectivity index (χ1) is 7.98. The third-order valence-corrected chi connectivity index (χ3v) is 3.36. The first-order valence-electron chi connectivity index (χ1n) is 6.13. The fourth-order valence-electron chi connectivity index (χ4n) is 1.70. The van der Waals surface area contributed by atoms with E-state index in [1.807, 2.05) is 13.8 Å². The molecule has 5 heteroatoms. The fourth-order valence-corrected chi connectivity index (χ4v) is 1.70. The summed E-state index contributed by atoms with van der Waals surface area (Å²) in [6.45, 7) is 9.65. The van der Waals surface area contributed by atoms with Gasteiger partial charge >= 0.3 is 0 Å². The van der Waals surface area contributed by atoms with Crippen LogP contribution in [0, 0.1) is 17.2 Å². The summed E-state index contributed by atoms with van der Waals surface area (Å²) >= 11 is 0. The molecule has 1 unspecified atom stereocenters. The van der Waals surface area contributed by atoms with Gasteiger partial charge in [0.1, 0.15) is 5.54 Å². The fraction of sp³-hybridized carbons (Fsp3) is 0.833. The summed E-state index contributed by atoms with van der Waals surface area (Å²) in [6.07, 6.45) is 0. The standard InChI is InChI=1S/C12H22N4O/c1-10(2)12(3,9-13)15-11(17)8-16-6-4-14-5-7-16/h10,14H,4-8H2,1-3H3,(H,15,17). The summed E-state index contributed by atoms with van der Waals surface area (Å²) in [5, 5.41) is 15.2. The van der Waals surface area contributed by atoms with Crippen molar-refractivity contribution < 1.29 is 4.79 Å². The molecule has 1 saturated heterocycles.